The number of rotatable bonds is 7. The van der Waals surface area contributed by atoms with Gasteiger partial charge >= 0.3 is 0 Å². The molecule has 0 fully saturated rings. The van der Waals surface area contributed by atoms with Crippen LogP contribution in [-0.4, -0.2) is 6.54 Å². The molecule has 2 aromatic carbocycles. The predicted molar refractivity (Wildman–Crippen MR) is 89.9 cm³/mol. The molecule has 2 rings (SSSR count). The molecule has 2 heteroatoms. The fraction of sp³-hybridized carbons (Fsp3) is 0.333. The average molecular weight is 332 g/mol. The van der Waals surface area contributed by atoms with E-state index in [2.05, 4.69) is 82.8 Å². The van der Waals surface area contributed by atoms with Crippen LogP contribution in [0.3, 0.4) is 0 Å². The van der Waals surface area contributed by atoms with Gasteiger partial charge in [0, 0.05) is 10.5 Å². The lowest BCUT2D eigenvalue weighted by atomic mass is 10.1. The summed E-state index contributed by atoms with van der Waals surface area (Å²) in [5.41, 5.74) is 2.77. The smallest absolute Gasteiger partial charge is 0.0302 e. The molecule has 0 aromatic heterocycles. The van der Waals surface area contributed by atoms with E-state index >= 15 is 0 Å². The van der Waals surface area contributed by atoms with Crippen LogP contribution in [0.4, 0.5) is 0 Å². The highest BCUT2D eigenvalue weighted by molar-refractivity contribution is 9.10. The molecule has 0 amide bonds. The van der Waals surface area contributed by atoms with Gasteiger partial charge in [0.2, 0.25) is 0 Å². The molecule has 1 atom stereocenters. The molecule has 0 aliphatic rings. The Hall–Kier alpha value is -1.12. The van der Waals surface area contributed by atoms with Gasteiger partial charge in [0.15, 0.2) is 0 Å². The molecule has 106 valence electrons. The van der Waals surface area contributed by atoms with Gasteiger partial charge in [0.1, 0.15) is 0 Å². The van der Waals surface area contributed by atoms with Crippen molar-refractivity contribution in [2.45, 2.75) is 32.2 Å². The molecule has 1 nitrogen and oxygen atoms in total. The van der Waals surface area contributed by atoms with E-state index in [-0.39, 0.29) is 0 Å². The highest BCUT2D eigenvalue weighted by Gasteiger charge is 2.07. The van der Waals surface area contributed by atoms with E-state index in [1.54, 1.807) is 0 Å². The standard InChI is InChI=1S/C18H22BrN/c1-15(17-12-5-6-13-18(17)19)20-14-8-7-11-16-9-3-2-4-10-16/h2-6,9-10,12-13,15,20H,7-8,11,14H2,1H3/t15-/m0/s1. The van der Waals surface area contributed by atoms with Crippen LogP contribution in [0.2, 0.25) is 0 Å². The molecule has 0 aliphatic heterocycles. The highest BCUT2D eigenvalue weighted by Crippen LogP contribution is 2.22. The zero-order chi connectivity index (χ0) is 14.2. The van der Waals surface area contributed by atoms with E-state index in [9.17, 15) is 0 Å². The average Bonchev–Trinajstić information content (AvgIpc) is 2.48. The monoisotopic (exact) mass is 331 g/mol. The molecule has 0 aliphatic carbocycles. The van der Waals surface area contributed by atoms with Crippen molar-refractivity contribution in [1.82, 2.24) is 5.32 Å². The van der Waals surface area contributed by atoms with Gasteiger partial charge in [-0.1, -0.05) is 64.5 Å². The van der Waals surface area contributed by atoms with Crippen LogP contribution in [0.5, 0.6) is 0 Å². The Morgan fingerprint density at radius 1 is 0.950 bits per heavy atom. The summed E-state index contributed by atoms with van der Waals surface area (Å²) in [5, 5.41) is 3.60. The number of halogens is 1. The second-order valence-electron chi connectivity index (χ2n) is 5.14. The molecule has 0 saturated heterocycles. The molecule has 20 heavy (non-hydrogen) atoms. The van der Waals surface area contributed by atoms with Crippen LogP contribution in [0, 0.1) is 0 Å². The lowest BCUT2D eigenvalue weighted by Gasteiger charge is -2.15. The van der Waals surface area contributed by atoms with Crippen LogP contribution in [-0.2, 0) is 6.42 Å². The van der Waals surface area contributed by atoms with Gasteiger partial charge in [-0.05, 0) is 49.9 Å². The maximum Gasteiger partial charge on any atom is 0.0302 e. The third-order valence-electron chi connectivity index (χ3n) is 3.56. The van der Waals surface area contributed by atoms with Crippen LogP contribution >= 0.6 is 15.9 Å². The summed E-state index contributed by atoms with van der Waals surface area (Å²) < 4.78 is 1.18. The quantitative estimate of drug-likeness (QED) is 0.694. The second kappa shape index (κ2) is 8.23. The zero-order valence-corrected chi connectivity index (χ0v) is 13.6. The van der Waals surface area contributed by atoms with Gasteiger partial charge in [0.05, 0.1) is 0 Å². The number of hydrogen-bond donors (Lipinski definition) is 1. The van der Waals surface area contributed by atoms with E-state index < -0.39 is 0 Å². The normalized spacial score (nSPS) is 12.3. The maximum absolute atomic E-state index is 3.61. The van der Waals surface area contributed by atoms with Crippen LogP contribution < -0.4 is 5.32 Å². The Morgan fingerprint density at radius 3 is 2.40 bits per heavy atom. The largest absolute Gasteiger partial charge is 0.310 e. The molecule has 0 unspecified atom stereocenters. The SMILES string of the molecule is C[C@H](NCCCCc1ccccc1)c1ccccc1Br. The van der Waals surface area contributed by atoms with Crippen LogP contribution in [0.1, 0.15) is 36.9 Å². The molecule has 0 saturated carbocycles. The van der Waals surface area contributed by atoms with E-state index in [1.807, 2.05) is 0 Å². The third-order valence-corrected chi connectivity index (χ3v) is 4.28. The van der Waals surface area contributed by atoms with Crippen molar-refractivity contribution in [3.63, 3.8) is 0 Å². The van der Waals surface area contributed by atoms with Gasteiger partial charge in [-0.25, -0.2) is 0 Å². The van der Waals surface area contributed by atoms with Crippen molar-refractivity contribution in [2.24, 2.45) is 0 Å². The molecule has 0 heterocycles. The van der Waals surface area contributed by atoms with Gasteiger partial charge in [-0.3, -0.25) is 0 Å². The van der Waals surface area contributed by atoms with Gasteiger partial charge in [-0.2, -0.15) is 0 Å². The minimum absolute atomic E-state index is 0.391. The number of hydrogen-bond acceptors (Lipinski definition) is 1. The van der Waals surface area contributed by atoms with Crippen molar-refractivity contribution in [1.29, 1.82) is 0 Å². The van der Waals surface area contributed by atoms with Crippen molar-refractivity contribution >= 4 is 15.9 Å². The molecular weight excluding hydrogens is 310 g/mol. The first-order valence-corrected chi connectivity index (χ1v) is 8.08. The van der Waals surface area contributed by atoms with E-state index in [0.29, 0.717) is 6.04 Å². The molecule has 0 radical (unpaired) electrons. The maximum atomic E-state index is 3.61. The number of aryl methyl sites for hydroxylation is 1. The summed E-state index contributed by atoms with van der Waals surface area (Å²) >= 11 is 3.61. The van der Waals surface area contributed by atoms with Gasteiger partial charge in [-0.15, -0.1) is 0 Å². The van der Waals surface area contributed by atoms with Crippen LogP contribution in [0.25, 0.3) is 0 Å². The van der Waals surface area contributed by atoms with Crippen molar-refractivity contribution < 1.29 is 0 Å². The first-order valence-electron chi connectivity index (χ1n) is 7.29. The highest BCUT2D eigenvalue weighted by atomic mass is 79.9. The minimum atomic E-state index is 0.391. The van der Waals surface area contributed by atoms with Crippen LogP contribution in [0.15, 0.2) is 59.1 Å². The first-order chi connectivity index (χ1) is 9.77. The fourth-order valence-electron chi connectivity index (χ4n) is 2.35. The fourth-order valence-corrected chi connectivity index (χ4v) is 2.98. The Kier molecular flexibility index (Phi) is 6.28. The van der Waals surface area contributed by atoms with E-state index in [0.717, 1.165) is 6.54 Å². The number of unbranched alkanes of at least 4 members (excludes halogenated alkanes) is 1. The van der Waals surface area contributed by atoms with Crippen molar-refractivity contribution in [3.8, 4) is 0 Å². The molecule has 2 aromatic rings. The Bertz CT molecular complexity index is 510. The summed E-state index contributed by atoms with van der Waals surface area (Å²) in [5.74, 6) is 0. The van der Waals surface area contributed by atoms with E-state index in [4.69, 9.17) is 0 Å². The summed E-state index contributed by atoms with van der Waals surface area (Å²) in [7, 11) is 0. The van der Waals surface area contributed by atoms with Gasteiger partial charge in [0.25, 0.3) is 0 Å². The van der Waals surface area contributed by atoms with E-state index in [1.165, 1.54) is 34.9 Å². The summed E-state index contributed by atoms with van der Waals surface area (Å²) in [6.07, 6.45) is 3.62. The molecule has 1 N–H and O–H groups in total. The Balaban J connectivity index is 1.67. The Morgan fingerprint density at radius 2 is 1.65 bits per heavy atom. The third kappa shape index (κ3) is 4.77. The lowest BCUT2D eigenvalue weighted by Crippen LogP contribution is -2.20. The van der Waals surface area contributed by atoms with Gasteiger partial charge < -0.3 is 5.32 Å². The Labute approximate surface area is 130 Å². The number of benzene rings is 2. The van der Waals surface area contributed by atoms with Crippen molar-refractivity contribution in [2.75, 3.05) is 6.54 Å². The topological polar surface area (TPSA) is 12.0 Å². The summed E-state index contributed by atoms with van der Waals surface area (Å²) in [6, 6.07) is 19.5. The molecule has 0 spiro atoms. The summed E-state index contributed by atoms with van der Waals surface area (Å²) in [6.45, 7) is 3.28. The minimum Gasteiger partial charge on any atom is -0.310 e. The predicted octanol–water partition coefficient (Wildman–Crippen LogP) is 5.12. The molecule has 0 bridgehead atoms. The number of nitrogens with one attached hydrogen (secondary N) is 1. The lowest BCUT2D eigenvalue weighted by molar-refractivity contribution is 0.545. The summed E-state index contributed by atoms with van der Waals surface area (Å²) in [4.78, 5) is 0. The molecular formula is C18H22BrN. The second-order valence-corrected chi connectivity index (χ2v) is 5.99. The zero-order valence-electron chi connectivity index (χ0n) is 12.0. The van der Waals surface area contributed by atoms with Crippen molar-refractivity contribution in [3.05, 3.63) is 70.2 Å². The first kappa shape index (κ1) is 15.3.